The van der Waals surface area contributed by atoms with Gasteiger partial charge in [-0.15, -0.1) is 10.2 Å². The minimum atomic E-state index is -3.65. The first-order chi connectivity index (χ1) is 16.5. The van der Waals surface area contributed by atoms with Gasteiger partial charge in [-0.1, -0.05) is 48.5 Å². The van der Waals surface area contributed by atoms with Crippen LogP contribution in [-0.4, -0.2) is 56.2 Å². The van der Waals surface area contributed by atoms with Crippen molar-refractivity contribution in [2.45, 2.75) is 11.8 Å². The summed E-state index contributed by atoms with van der Waals surface area (Å²) in [6.07, 6.45) is 0. The largest absolute Gasteiger partial charge is 0.495 e. The molecule has 0 spiro atoms. The lowest BCUT2D eigenvalue weighted by Gasteiger charge is -2.34. The van der Waals surface area contributed by atoms with Gasteiger partial charge in [-0.25, -0.2) is 8.42 Å². The predicted molar refractivity (Wildman–Crippen MR) is 134 cm³/mol. The number of ether oxygens (including phenoxy) is 1. The molecule has 34 heavy (non-hydrogen) atoms. The van der Waals surface area contributed by atoms with Gasteiger partial charge in [-0.05, 0) is 47.5 Å². The summed E-state index contributed by atoms with van der Waals surface area (Å²) in [5.74, 6) is 1.11. The van der Waals surface area contributed by atoms with Gasteiger partial charge in [0.1, 0.15) is 10.6 Å². The standard InChI is InChI=1S/C26H26N4O3S/c1-19-10-12-24(33-2)25(18-19)34(31,32)30-16-14-29(15-17-30)26-13-11-23(27-28-26)22-9-5-7-20-6-3-4-8-21(20)22/h3-13,18H,14-17H2,1-2H3. The second-order valence-electron chi connectivity index (χ2n) is 8.35. The molecule has 8 heteroatoms. The highest BCUT2D eigenvalue weighted by Crippen LogP contribution is 2.30. The number of benzene rings is 3. The Morgan fingerprint density at radius 3 is 2.35 bits per heavy atom. The molecule has 1 aliphatic rings. The Balaban J connectivity index is 1.32. The van der Waals surface area contributed by atoms with E-state index in [1.807, 2.05) is 43.3 Å². The van der Waals surface area contributed by atoms with E-state index in [1.165, 1.54) is 11.4 Å². The highest BCUT2D eigenvalue weighted by molar-refractivity contribution is 7.89. The molecule has 0 N–H and O–H groups in total. The Labute approximate surface area is 199 Å². The summed E-state index contributed by atoms with van der Waals surface area (Å²) in [6, 6.07) is 23.5. The van der Waals surface area contributed by atoms with Crippen molar-refractivity contribution in [3.8, 4) is 17.0 Å². The zero-order valence-electron chi connectivity index (χ0n) is 19.2. The van der Waals surface area contributed by atoms with Crippen LogP contribution in [0.3, 0.4) is 0 Å². The lowest BCUT2D eigenvalue weighted by atomic mass is 10.0. The van der Waals surface area contributed by atoms with Gasteiger partial charge in [-0.2, -0.15) is 4.31 Å². The quantitative estimate of drug-likeness (QED) is 0.433. The normalized spacial score (nSPS) is 14.9. The fourth-order valence-electron chi connectivity index (χ4n) is 4.37. The summed E-state index contributed by atoms with van der Waals surface area (Å²) in [4.78, 5) is 2.28. The molecule has 1 aliphatic heterocycles. The van der Waals surface area contributed by atoms with Gasteiger partial charge >= 0.3 is 0 Å². The molecular formula is C26H26N4O3S. The zero-order valence-corrected chi connectivity index (χ0v) is 20.0. The van der Waals surface area contributed by atoms with Gasteiger partial charge in [0.05, 0.1) is 12.8 Å². The van der Waals surface area contributed by atoms with Crippen LogP contribution in [0.2, 0.25) is 0 Å². The number of aromatic nitrogens is 2. The van der Waals surface area contributed by atoms with Crippen LogP contribution in [0.15, 0.2) is 77.7 Å². The third-order valence-corrected chi connectivity index (χ3v) is 8.14. The minimum Gasteiger partial charge on any atom is -0.495 e. The van der Waals surface area contributed by atoms with E-state index in [4.69, 9.17) is 4.74 Å². The molecule has 3 aromatic carbocycles. The molecule has 1 saturated heterocycles. The fourth-order valence-corrected chi connectivity index (χ4v) is 6.03. The molecule has 0 amide bonds. The Kier molecular flexibility index (Phi) is 5.93. The van der Waals surface area contributed by atoms with E-state index in [2.05, 4.69) is 39.4 Å². The molecule has 0 atom stereocenters. The van der Waals surface area contributed by atoms with Crippen LogP contribution in [0.1, 0.15) is 5.56 Å². The van der Waals surface area contributed by atoms with Crippen molar-refractivity contribution >= 4 is 26.6 Å². The molecule has 174 valence electrons. The molecule has 0 saturated carbocycles. The molecule has 4 aromatic rings. The Morgan fingerprint density at radius 1 is 0.853 bits per heavy atom. The van der Waals surface area contributed by atoms with E-state index >= 15 is 0 Å². The minimum absolute atomic E-state index is 0.211. The van der Waals surface area contributed by atoms with Gasteiger partial charge in [0, 0.05) is 31.7 Å². The lowest BCUT2D eigenvalue weighted by Crippen LogP contribution is -2.49. The van der Waals surface area contributed by atoms with Gasteiger partial charge in [0.2, 0.25) is 10.0 Å². The average Bonchev–Trinajstić information content (AvgIpc) is 2.88. The molecule has 5 rings (SSSR count). The van der Waals surface area contributed by atoms with Gasteiger partial charge in [0.15, 0.2) is 5.82 Å². The number of nitrogens with zero attached hydrogens (tertiary/aromatic N) is 4. The number of rotatable bonds is 5. The van der Waals surface area contributed by atoms with Crippen molar-refractivity contribution in [3.05, 3.63) is 78.4 Å². The van der Waals surface area contributed by atoms with Crippen LogP contribution in [0.25, 0.3) is 22.0 Å². The lowest BCUT2D eigenvalue weighted by molar-refractivity contribution is 0.373. The van der Waals surface area contributed by atoms with Crippen molar-refractivity contribution in [1.82, 2.24) is 14.5 Å². The number of aryl methyl sites for hydroxylation is 1. The summed E-state index contributed by atoms with van der Waals surface area (Å²) in [5.41, 5.74) is 2.73. The SMILES string of the molecule is COc1ccc(C)cc1S(=O)(=O)N1CCN(c2ccc(-c3cccc4ccccc34)nn2)CC1. The second-order valence-corrected chi connectivity index (χ2v) is 10.3. The summed E-state index contributed by atoms with van der Waals surface area (Å²) >= 11 is 0. The van der Waals surface area contributed by atoms with Crippen molar-refractivity contribution in [2.24, 2.45) is 0 Å². The van der Waals surface area contributed by atoms with Crippen LogP contribution in [0, 0.1) is 6.92 Å². The number of sulfonamides is 1. The summed E-state index contributed by atoms with van der Waals surface area (Å²) < 4.78 is 33.4. The maximum atomic E-state index is 13.3. The number of fused-ring (bicyclic) bond motifs is 1. The van der Waals surface area contributed by atoms with E-state index in [-0.39, 0.29) is 4.90 Å². The third-order valence-electron chi connectivity index (χ3n) is 6.22. The third kappa shape index (κ3) is 4.10. The summed E-state index contributed by atoms with van der Waals surface area (Å²) in [7, 11) is -2.16. The van der Waals surface area contributed by atoms with Gasteiger partial charge in [0.25, 0.3) is 0 Å². The van der Waals surface area contributed by atoms with Crippen molar-refractivity contribution < 1.29 is 13.2 Å². The fraction of sp³-hybridized carbons (Fsp3) is 0.231. The second kappa shape index (κ2) is 9.04. The van der Waals surface area contributed by atoms with Crippen molar-refractivity contribution in [2.75, 3.05) is 38.2 Å². The number of hydrogen-bond acceptors (Lipinski definition) is 6. The number of piperazine rings is 1. The topological polar surface area (TPSA) is 75.6 Å². The van der Waals surface area contributed by atoms with E-state index in [9.17, 15) is 8.42 Å². The molecule has 1 aromatic heterocycles. The first-order valence-electron chi connectivity index (χ1n) is 11.2. The van der Waals surface area contributed by atoms with E-state index in [1.54, 1.807) is 12.1 Å². The molecule has 0 bridgehead atoms. The van der Waals surface area contributed by atoms with Gasteiger partial charge in [-0.3, -0.25) is 0 Å². The maximum absolute atomic E-state index is 13.3. The monoisotopic (exact) mass is 474 g/mol. The summed E-state index contributed by atoms with van der Waals surface area (Å²) in [6.45, 7) is 3.68. The van der Waals surface area contributed by atoms with Crippen LogP contribution in [-0.2, 0) is 10.0 Å². The van der Waals surface area contributed by atoms with E-state index in [0.29, 0.717) is 31.9 Å². The van der Waals surface area contributed by atoms with Crippen LogP contribution in [0.5, 0.6) is 5.75 Å². The van der Waals surface area contributed by atoms with Crippen LogP contribution in [0.4, 0.5) is 5.82 Å². The Morgan fingerprint density at radius 2 is 1.62 bits per heavy atom. The highest BCUT2D eigenvalue weighted by atomic mass is 32.2. The smallest absolute Gasteiger partial charge is 0.246 e. The molecule has 2 heterocycles. The molecule has 0 radical (unpaired) electrons. The summed E-state index contributed by atoms with van der Waals surface area (Å²) in [5, 5.41) is 11.2. The molecule has 0 aliphatic carbocycles. The predicted octanol–water partition coefficient (Wildman–Crippen LogP) is 4.12. The maximum Gasteiger partial charge on any atom is 0.246 e. The van der Waals surface area contributed by atoms with E-state index in [0.717, 1.165) is 33.4 Å². The molecule has 7 nitrogen and oxygen atoms in total. The van der Waals surface area contributed by atoms with Crippen molar-refractivity contribution in [3.63, 3.8) is 0 Å². The Bertz CT molecular complexity index is 1430. The van der Waals surface area contributed by atoms with E-state index < -0.39 is 10.0 Å². The zero-order chi connectivity index (χ0) is 23.7. The molecule has 1 fully saturated rings. The highest BCUT2D eigenvalue weighted by Gasteiger charge is 2.31. The first-order valence-corrected chi connectivity index (χ1v) is 12.6. The first kappa shape index (κ1) is 22.3. The average molecular weight is 475 g/mol. The van der Waals surface area contributed by atoms with Crippen LogP contribution < -0.4 is 9.64 Å². The number of anilines is 1. The van der Waals surface area contributed by atoms with Crippen LogP contribution >= 0.6 is 0 Å². The molecular weight excluding hydrogens is 448 g/mol. The number of hydrogen-bond donors (Lipinski definition) is 0. The van der Waals surface area contributed by atoms with Crippen molar-refractivity contribution in [1.29, 1.82) is 0 Å². The van der Waals surface area contributed by atoms with Gasteiger partial charge < -0.3 is 9.64 Å². The number of methoxy groups -OCH3 is 1. The Hall–Kier alpha value is -3.49. The molecule has 0 unspecified atom stereocenters.